The van der Waals surface area contributed by atoms with Gasteiger partial charge in [0, 0.05) is 6.04 Å². The molecule has 0 spiro atoms. The van der Waals surface area contributed by atoms with Crippen molar-refractivity contribution in [3.05, 3.63) is 35.4 Å². The summed E-state index contributed by atoms with van der Waals surface area (Å²) in [6, 6.07) is 9.48. The molecular weight excluding hydrogens is 258 g/mol. The minimum atomic E-state index is 0.323. The van der Waals surface area contributed by atoms with Crippen LogP contribution in [0.1, 0.15) is 69.6 Å². The summed E-state index contributed by atoms with van der Waals surface area (Å²) in [6.45, 7) is 6.55. The van der Waals surface area contributed by atoms with Crippen LogP contribution in [-0.2, 0) is 11.2 Å². The van der Waals surface area contributed by atoms with Gasteiger partial charge in [0.15, 0.2) is 0 Å². The molecule has 1 N–H and O–H groups in total. The minimum absolute atomic E-state index is 0.323. The van der Waals surface area contributed by atoms with E-state index in [2.05, 4.69) is 43.4 Å². The monoisotopic (exact) mass is 289 g/mol. The molecule has 1 aliphatic heterocycles. The SMILES string of the molecule is CCCNC(CCC)CCCC1OCCc2ccccc21. The van der Waals surface area contributed by atoms with Gasteiger partial charge in [-0.15, -0.1) is 0 Å². The van der Waals surface area contributed by atoms with E-state index < -0.39 is 0 Å². The van der Waals surface area contributed by atoms with Crippen LogP contribution >= 0.6 is 0 Å². The van der Waals surface area contributed by atoms with Gasteiger partial charge >= 0.3 is 0 Å². The number of rotatable bonds is 9. The molecule has 1 aromatic rings. The van der Waals surface area contributed by atoms with Crippen molar-refractivity contribution in [3.63, 3.8) is 0 Å². The Balaban J connectivity index is 1.80. The summed E-state index contributed by atoms with van der Waals surface area (Å²) in [5.41, 5.74) is 2.92. The molecule has 0 aliphatic carbocycles. The predicted octanol–water partition coefficient (Wildman–Crippen LogP) is 4.64. The van der Waals surface area contributed by atoms with Crippen molar-refractivity contribution < 1.29 is 4.74 Å². The summed E-state index contributed by atoms with van der Waals surface area (Å²) in [5.74, 6) is 0. The van der Waals surface area contributed by atoms with Gasteiger partial charge in [-0.1, -0.05) is 44.5 Å². The second kappa shape index (κ2) is 9.22. The molecule has 0 fully saturated rings. The van der Waals surface area contributed by atoms with Gasteiger partial charge in [0.1, 0.15) is 0 Å². The fourth-order valence-corrected chi connectivity index (χ4v) is 3.31. The summed E-state index contributed by atoms with van der Waals surface area (Å²) >= 11 is 0. The van der Waals surface area contributed by atoms with Crippen molar-refractivity contribution >= 4 is 0 Å². The standard InChI is InChI=1S/C19H31NO/c1-3-8-17(20-14-4-2)10-7-12-19-18-11-6-5-9-16(18)13-15-21-19/h5-6,9,11,17,19-20H,3-4,7-8,10,12-15H2,1-2H3. The lowest BCUT2D eigenvalue weighted by atomic mass is 9.93. The van der Waals surface area contributed by atoms with Crippen LogP contribution in [0.15, 0.2) is 24.3 Å². The highest BCUT2D eigenvalue weighted by atomic mass is 16.5. The Bertz CT molecular complexity index is 404. The normalized spacial score (nSPS) is 19.2. The zero-order valence-corrected chi connectivity index (χ0v) is 13.7. The quantitative estimate of drug-likeness (QED) is 0.715. The first kappa shape index (κ1) is 16.5. The van der Waals surface area contributed by atoms with Crippen LogP contribution in [0.25, 0.3) is 0 Å². The number of fused-ring (bicyclic) bond motifs is 1. The molecule has 2 rings (SSSR count). The lowest BCUT2D eigenvalue weighted by molar-refractivity contribution is 0.0344. The topological polar surface area (TPSA) is 21.3 Å². The Morgan fingerprint density at radius 2 is 2.05 bits per heavy atom. The minimum Gasteiger partial charge on any atom is -0.373 e. The van der Waals surface area contributed by atoms with Gasteiger partial charge in [0.25, 0.3) is 0 Å². The molecule has 0 saturated heterocycles. The van der Waals surface area contributed by atoms with Crippen LogP contribution in [0.4, 0.5) is 0 Å². The van der Waals surface area contributed by atoms with Crippen LogP contribution in [0.5, 0.6) is 0 Å². The summed E-state index contributed by atoms with van der Waals surface area (Å²) in [6.07, 6.45) is 8.86. The van der Waals surface area contributed by atoms with Crippen LogP contribution in [0.2, 0.25) is 0 Å². The van der Waals surface area contributed by atoms with Gasteiger partial charge < -0.3 is 10.1 Å². The number of hydrogen-bond acceptors (Lipinski definition) is 2. The average Bonchev–Trinajstić information content (AvgIpc) is 2.53. The molecule has 21 heavy (non-hydrogen) atoms. The molecule has 2 heteroatoms. The molecular formula is C19H31NO. The molecule has 2 unspecified atom stereocenters. The second-order valence-corrected chi connectivity index (χ2v) is 6.18. The maximum absolute atomic E-state index is 6.01. The van der Waals surface area contributed by atoms with E-state index in [4.69, 9.17) is 4.74 Å². The molecule has 0 radical (unpaired) electrons. The van der Waals surface area contributed by atoms with E-state index in [1.165, 1.54) is 43.2 Å². The van der Waals surface area contributed by atoms with E-state index in [0.717, 1.165) is 26.0 Å². The van der Waals surface area contributed by atoms with E-state index in [-0.39, 0.29) is 0 Å². The maximum Gasteiger partial charge on any atom is 0.0827 e. The van der Waals surface area contributed by atoms with Crippen LogP contribution in [-0.4, -0.2) is 19.2 Å². The molecule has 1 aromatic carbocycles. The van der Waals surface area contributed by atoms with Crippen LogP contribution in [0, 0.1) is 0 Å². The Kier molecular flexibility index (Phi) is 7.25. The summed E-state index contributed by atoms with van der Waals surface area (Å²) in [5, 5.41) is 3.69. The third-order valence-corrected chi connectivity index (χ3v) is 4.43. The molecule has 0 saturated carbocycles. The van der Waals surface area contributed by atoms with Crippen molar-refractivity contribution in [3.8, 4) is 0 Å². The van der Waals surface area contributed by atoms with Crippen molar-refractivity contribution in [1.29, 1.82) is 0 Å². The van der Waals surface area contributed by atoms with Gasteiger partial charge in [-0.05, 0) is 56.2 Å². The Morgan fingerprint density at radius 1 is 1.19 bits per heavy atom. The smallest absolute Gasteiger partial charge is 0.0827 e. The lowest BCUT2D eigenvalue weighted by Crippen LogP contribution is -2.29. The second-order valence-electron chi connectivity index (χ2n) is 6.18. The first-order chi connectivity index (χ1) is 10.3. The highest BCUT2D eigenvalue weighted by molar-refractivity contribution is 5.30. The van der Waals surface area contributed by atoms with Crippen molar-refractivity contribution in [1.82, 2.24) is 5.32 Å². The molecule has 2 nitrogen and oxygen atoms in total. The summed E-state index contributed by atoms with van der Waals surface area (Å²) in [7, 11) is 0. The van der Waals surface area contributed by atoms with Gasteiger partial charge in [0.2, 0.25) is 0 Å². The fourth-order valence-electron chi connectivity index (χ4n) is 3.31. The zero-order chi connectivity index (χ0) is 14.9. The number of ether oxygens (including phenoxy) is 1. The van der Waals surface area contributed by atoms with Crippen molar-refractivity contribution in [2.45, 2.75) is 70.9 Å². The molecule has 118 valence electrons. The van der Waals surface area contributed by atoms with Gasteiger partial charge in [-0.2, -0.15) is 0 Å². The zero-order valence-electron chi connectivity index (χ0n) is 13.7. The van der Waals surface area contributed by atoms with Gasteiger partial charge in [0.05, 0.1) is 12.7 Å². The first-order valence-corrected chi connectivity index (χ1v) is 8.78. The van der Waals surface area contributed by atoms with Crippen molar-refractivity contribution in [2.24, 2.45) is 0 Å². The predicted molar refractivity (Wildman–Crippen MR) is 89.7 cm³/mol. The average molecular weight is 289 g/mol. The molecule has 0 bridgehead atoms. The summed E-state index contributed by atoms with van der Waals surface area (Å²) in [4.78, 5) is 0. The molecule has 2 atom stereocenters. The Labute approximate surface area is 130 Å². The van der Waals surface area contributed by atoms with E-state index in [9.17, 15) is 0 Å². The largest absolute Gasteiger partial charge is 0.373 e. The Morgan fingerprint density at radius 3 is 2.86 bits per heavy atom. The van der Waals surface area contributed by atoms with E-state index >= 15 is 0 Å². The molecule has 1 heterocycles. The highest BCUT2D eigenvalue weighted by Crippen LogP contribution is 2.31. The third-order valence-electron chi connectivity index (χ3n) is 4.43. The third kappa shape index (κ3) is 5.12. The maximum atomic E-state index is 6.01. The van der Waals surface area contributed by atoms with E-state index in [0.29, 0.717) is 12.1 Å². The van der Waals surface area contributed by atoms with Crippen LogP contribution < -0.4 is 5.32 Å². The summed E-state index contributed by atoms with van der Waals surface area (Å²) < 4.78 is 6.01. The van der Waals surface area contributed by atoms with Crippen LogP contribution in [0.3, 0.4) is 0 Å². The van der Waals surface area contributed by atoms with Gasteiger partial charge in [-0.25, -0.2) is 0 Å². The van der Waals surface area contributed by atoms with Gasteiger partial charge in [-0.3, -0.25) is 0 Å². The number of hydrogen-bond donors (Lipinski definition) is 1. The first-order valence-electron chi connectivity index (χ1n) is 8.78. The number of benzene rings is 1. The van der Waals surface area contributed by atoms with Crippen molar-refractivity contribution in [2.75, 3.05) is 13.2 Å². The fraction of sp³-hybridized carbons (Fsp3) is 0.684. The molecule has 0 aromatic heterocycles. The lowest BCUT2D eigenvalue weighted by Gasteiger charge is -2.27. The van der Waals surface area contributed by atoms with E-state index in [1.807, 2.05) is 0 Å². The Hall–Kier alpha value is -0.860. The number of nitrogens with one attached hydrogen (secondary N) is 1. The molecule has 1 aliphatic rings. The molecule has 0 amide bonds. The van der Waals surface area contributed by atoms with E-state index in [1.54, 1.807) is 0 Å². The highest BCUT2D eigenvalue weighted by Gasteiger charge is 2.20.